The van der Waals surface area contributed by atoms with Crippen molar-refractivity contribution in [1.82, 2.24) is 0 Å². The molecule has 0 spiro atoms. The molecule has 1 aliphatic rings. The lowest BCUT2D eigenvalue weighted by Crippen LogP contribution is -2.29. The van der Waals surface area contributed by atoms with Gasteiger partial charge in [0, 0.05) is 12.8 Å². The van der Waals surface area contributed by atoms with Gasteiger partial charge in [-0.15, -0.1) is 0 Å². The summed E-state index contributed by atoms with van der Waals surface area (Å²) < 4.78 is 5.22. The molecule has 0 aromatic heterocycles. The molecule has 0 heterocycles. The average molecular weight is 298 g/mol. The lowest BCUT2D eigenvalue weighted by atomic mass is 9.92. The van der Waals surface area contributed by atoms with E-state index in [1.807, 2.05) is 6.08 Å². The van der Waals surface area contributed by atoms with Crippen LogP contribution >= 0.6 is 0 Å². The van der Waals surface area contributed by atoms with E-state index in [2.05, 4.69) is 6.92 Å². The Morgan fingerprint density at radius 3 is 2.52 bits per heavy atom. The molecule has 21 heavy (non-hydrogen) atoms. The summed E-state index contributed by atoms with van der Waals surface area (Å²) in [5.74, 6) is -2.35. The van der Waals surface area contributed by atoms with Crippen LogP contribution < -0.4 is 0 Å². The van der Waals surface area contributed by atoms with Crippen molar-refractivity contribution in [1.29, 1.82) is 0 Å². The quantitative estimate of drug-likeness (QED) is 0.409. The number of carboxylic acids is 1. The molecular weight excluding hydrogens is 272 g/mol. The molecule has 0 aromatic rings. The number of hydrogen-bond donors (Lipinski definition) is 2. The number of aliphatic hydroxyl groups is 1. The summed E-state index contributed by atoms with van der Waals surface area (Å²) in [7, 11) is 0. The average Bonchev–Trinajstić information content (AvgIpc) is 2.78. The summed E-state index contributed by atoms with van der Waals surface area (Å²) in [4.78, 5) is 22.5. The Morgan fingerprint density at radius 1 is 1.24 bits per heavy atom. The third kappa shape index (κ3) is 5.50. The van der Waals surface area contributed by atoms with Crippen LogP contribution in [0, 0.1) is 11.8 Å². The number of rotatable bonds is 8. The monoisotopic (exact) mass is 298 g/mol. The molecule has 0 bridgehead atoms. The number of aliphatic hydroxyl groups excluding tert-OH is 1. The van der Waals surface area contributed by atoms with E-state index in [9.17, 15) is 19.8 Å². The molecule has 3 atom stereocenters. The van der Waals surface area contributed by atoms with Crippen molar-refractivity contribution in [3.63, 3.8) is 0 Å². The van der Waals surface area contributed by atoms with Crippen LogP contribution in [0.4, 0.5) is 0 Å². The highest BCUT2D eigenvalue weighted by atomic mass is 16.5. The second kappa shape index (κ2) is 8.82. The first-order valence-electron chi connectivity index (χ1n) is 7.76. The standard InChI is InChI=1S/C16H26O5/c1-3-4-5-6-7-8-14(21-11(2)17)12-9-10-13(18)15(12)16(19)20/h8,12-13,15,18H,3-7,9-10H2,1-2H3,(H,19,20)/b14-8-. The number of carboxylic acid groups (broad SMARTS) is 1. The van der Waals surface area contributed by atoms with E-state index in [4.69, 9.17) is 4.74 Å². The third-order valence-electron chi connectivity index (χ3n) is 3.94. The van der Waals surface area contributed by atoms with Gasteiger partial charge in [-0.25, -0.2) is 0 Å². The smallest absolute Gasteiger partial charge is 0.309 e. The summed E-state index contributed by atoms with van der Waals surface area (Å²) in [5, 5.41) is 19.1. The largest absolute Gasteiger partial charge is 0.481 e. The number of ether oxygens (including phenoxy) is 1. The van der Waals surface area contributed by atoms with Gasteiger partial charge in [0.1, 0.15) is 5.76 Å². The van der Waals surface area contributed by atoms with Crippen molar-refractivity contribution >= 4 is 11.9 Å². The van der Waals surface area contributed by atoms with E-state index in [0.29, 0.717) is 18.6 Å². The van der Waals surface area contributed by atoms with Crippen LogP contribution in [0.15, 0.2) is 11.8 Å². The van der Waals surface area contributed by atoms with Gasteiger partial charge in [-0.1, -0.05) is 26.2 Å². The van der Waals surface area contributed by atoms with Crippen LogP contribution in [0.25, 0.3) is 0 Å². The highest BCUT2D eigenvalue weighted by Gasteiger charge is 2.43. The molecule has 5 nitrogen and oxygen atoms in total. The summed E-state index contributed by atoms with van der Waals surface area (Å²) in [6.45, 7) is 3.45. The zero-order chi connectivity index (χ0) is 15.8. The number of allylic oxidation sites excluding steroid dienone is 2. The Balaban J connectivity index is 2.74. The van der Waals surface area contributed by atoms with Gasteiger partial charge in [0.25, 0.3) is 0 Å². The van der Waals surface area contributed by atoms with E-state index in [0.717, 1.165) is 32.1 Å². The van der Waals surface area contributed by atoms with Crippen LogP contribution in [-0.2, 0) is 14.3 Å². The fourth-order valence-electron chi connectivity index (χ4n) is 2.88. The lowest BCUT2D eigenvalue weighted by Gasteiger charge is -2.20. The van der Waals surface area contributed by atoms with Gasteiger partial charge in [0.05, 0.1) is 12.0 Å². The molecule has 0 amide bonds. The minimum atomic E-state index is -1.03. The van der Waals surface area contributed by atoms with E-state index in [-0.39, 0.29) is 0 Å². The fraction of sp³-hybridized carbons (Fsp3) is 0.750. The van der Waals surface area contributed by atoms with E-state index >= 15 is 0 Å². The SMILES string of the molecule is CCCCCC/C=C(\OC(C)=O)C1CCC(O)C1C(=O)O. The van der Waals surface area contributed by atoms with Crippen molar-refractivity contribution in [3.05, 3.63) is 11.8 Å². The molecule has 3 unspecified atom stereocenters. The zero-order valence-corrected chi connectivity index (χ0v) is 12.9. The van der Waals surface area contributed by atoms with Gasteiger partial charge in [-0.05, 0) is 31.8 Å². The van der Waals surface area contributed by atoms with Crippen molar-refractivity contribution in [3.8, 4) is 0 Å². The summed E-state index contributed by atoms with van der Waals surface area (Å²) in [5.41, 5.74) is 0. The highest BCUT2D eigenvalue weighted by Crippen LogP contribution is 2.38. The molecule has 120 valence electrons. The Kier molecular flexibility index (Phi) is 7.43. The number of esters is 1. The normalized spacial score (nSPS) is 25.9. The van der Waals surface area contributed by atoms with Crippen LogP contribution in [0.5, 0.6) is 0 Å². The second-order valence-electron chi connectivity index (χ2n) is 5.66. The van der Waals surface area contributed by atoms with Crippen LogP contribution in [0.3, 0.4) is 0 Å². The minimum absolute atomic E-state index is 0.410. The number of carbonyl (C=O) groups excluding carboxylic acids is 1. The molecule has 0 radical (unpaired) electrons. The first-order chi connectivity index (χ1) is 9.97. The van der Waals surface area contributed by atoms with Gasteiger partial charge >= 0.3 is 11.9 Å². The number of unbranched alkanes of at least 4 members (excludes halogenated alkanes) is 4. The van der Waals surface area contributed by atoms with E-state index in [1.165, 1.54) is 6.92 Å². The number of aliphatic carboxylic acids is 1. The van der Waals surface area contributed by atoms with Gasteiger partial charge in [-0.2, -0.15) is 0 Å². The van der Waals surface area contributed by atoms with Gasteiger partial charge < -0.3 is 14.9 Å². The molecule has 0 aliphatic heterocycles. The van der Waals surface area contributed by atoms with Gasteiger partial charge in [0.2, 0.25) is 0 Å². The van der Waals surface area contributed by atoms with Crippen molar-refractivity contribution in [2.75, 3.05) is 0 Å². The Bertz CT molecular complexity index is 388. The molecule has 1 aliphatic carbocycles. The summed E-state index contributed by atoms with van der Waals surface area (Å²) in [6.07, 6.45) is 7.10. The molecular formula is C16H26O5. The first kappa shape index (κ1) is 17.7. The third-order valence-corrected chi connectivity index (χ3v) is 3.94. The fourth-order valence-corrected chi connectivity index (χ4v) is 2.88. The molecule has 5 heteroatoms. The van der Waals surface area contributed by atoms with Crippen molar-refractivity contribution < 1.29 is 24.5 Å². The summed E-state index contributed by atoms with van der Waals surface area (Å²) >= 11 is 0. The lowest BCUT2D eigenvalue weighted by molar-refractivity contribution is -0.148. The molecule has 1 saturated carbocycles. The zero-order valence-electron chi connectivity index (χ0n) is 12.9. The topological polar surface area (TPSA) is 83.8 Å². The second-order valence-corrected chi connectivity index (χ2v) is 5.66. The van der Waals surface area contributed by atoms with Crippen molar-refractivity contribution in [2.24, 2.45) is 11.8 Å². The predicted octanol–water partition coefficient (Wildman–Crippen LogP) is 2.88. The Hall–Kier alpha value is -1.36. The maximum atomic E-state index is 11.3. The van der Waals surface area contributed by atoms with E-state index in [1.54, 1.807) is 0 Å². The summed E-state index contributed by atoms with van der Waals surface area (Å²) in [6, 6.07) is 0. The molecule has 1 fully saturated rings. The molecule has 0 saturated heterocycles. The number of carbonyl (C=O) groups is 2. The van der Waals surface area contributed by atoms with Crippen LogP contribution in [0.2, 0.25) is 0 Å². The van der Waals surface area contributed by atoms with E-state index < -0.39 is 29.9 Å². The Labute approximate surface area is 126 Å². The highest BCUT2D eigenvalue weighted by molar-refractivity contribution is 5.73. The van der Waals surface area contributed by atoms with Gasteiger partial charge in [0.15, 0.2) is 0 Å². The van der Waals surface area contributed by atoms with Crippen molar-refractivity contribution in [2.45, 2.75) is 64.9 Å². The minimum Gasteiger partial charge on any atom is -0.481 e. The number of hydrogen-bond acceptors (Lipinski definition) is 4. The van der Waals surface area contributed by atoms with Gasteiger partial charge in [-0.3, -0.25) is 9.59 Å². The van der Waals surface area contributed by atoms with Crippen LogP contribution in [-0.4, -0.2) is 28.3 Å². The maximum absolute atomic E-state index is 11.3. The molecule has 2 N–H and O–H groups in total. The predicted molar refractivity (Wildman–Crippen MR) is 78.5 cm³/mol. The van der Waals surface area contributed by atoms with Crippen LogP contribution in [0.1, 0.15) is 58.8 Å². The molecule has 0 aromatic carbocycles. The Morgan fingerprint density at radius 2 is 1.95 bits per heavy atom. The first-order valence-corrected chi connectivity index (χ1v) is 7.76. The molecule has 1 rings (SSSR count). The maximum Gasteiger partial charge on any atom is 0.309 e.